The summed E-state index contributed by atoms with van der Waals surface area (Å²) in [6, 6.07) is 11.7. The van der Waals surface area contributed by atoms with Crippen LogP contribution in [0.2, 0.25) is 0 Å². The molecule has 0 N–H and O–H groups in total. The van der Waals surface area contributed by atoms with E-state index in [-0.39, 0.29) is 11.9 Å². The molecular formula is C25H35NO3. The molecule has 2 rings (SSSR count). The summed E-state index contributed by atoms with van der Waals surface area (Å²) in [6.07, 6.45) is 10.4. The Kier molecular flexibility index (Phi) is 10.4. The summed E-state index contributed by atoms with van der Waals surface area (Å²) in [5, 5.41) is 0. The number of hydrogen-bond donors (Lipinski definition) is 0. The van der Waals surface area contributed by atoms with Crippen molar-refractivity contribution >= 4 is 5.97 Å². The highest BCUT2D eigenvalue weighted by Crippen LogP contribution is 2.22. The topological polar surface area (TPSA) is 48.4 Å². The fourth-order valence-corrected chi connectivity index (χ4v) is 3.06. The molecule has 0 saturated carbocycles. The molecule has 0 bridgehead atoms. The molecule has 1 aromatic heterocycles. The van der Waals surface area contributed by atoms with E-state index in [1.54, 1.807) is 0 Å². The molecule has 0 aliphatic rings. The zero-order chi connectivity index (χ0) is 20.9. The monoisotopic (exact) mass is 397 g/mol. The van der Waals surface area contributed by atoms with Crippen LogP contribution < -0.4 is 4.74 Å². The molecule has 2 aromatic rings. The molecule has 1 aromatic carbocycles. The molecule has 4 nitrogen and oxygen atoms in total. The molecule has 0 aliphatic heterocycles. The zero-order valence-electron chi connectivity index (χ0n) is 18.2. The van der Waals surface area contributed by atoms with E-state index in [1.807, 2.05) is 44.3 Å². The van der Waals surface area contributed by atoms with Crippen molar-refractivity contribution in [3.05, 3.63) is 48.2 Å². The Labute approximate surface area is 175 Å². The fraction of sp³-hybridized carbons (Fsp3) is 0.520. The Morgan fingerprint density at radius 3 is 2.38 bits per heavy atom. The molecule has 0 radical (unpaired) electrons. The highest BCUT2D eigenvalue weighted by atomic mass is 16.5. The Balaban J connectivity index is 1.84. The van der Waals surface area contributed by atoms with Gasteiger partial charge < -0.3 is 9.47 Å². The van der Waals surface area contributed by atoms with Gasteiger partial charge in [-0.2, -0.15) is 0 Å². The molecule has 158 valence electrons. The minimum absolute atomic E-state index is 0.268. The zero-order valence-corrected chi connectivity index (χ0v) is 18.2. The third kappa shape index (κ3) is 8.36. The summed E-state index contributed by atoms with van der Waals surface area (Å²) in [7, 11) is 0. The molecule has 29 heavy (non-hydrogen) atoms. The van der Waals surface area contributed by atoms with Crippen molar-refractivity contribution in [3.63, 3.8) is 0 Å². The summed E-state index contributed by atoms with van der Waals surface area (Å²) in [4.78, 5) is 16.7. The summed E-state index contributed by atoms with van der Waals surface area (Å²) in [5.41, 5.74) is 3.23. The van der Waals surface area contributed by atoms with Crippen LogP contribution >= 0.6 is 0 Å². The van der Waals surface area contributed by atoms with Crippen molar-refractivity contribution in [2.24, 2.45) is 5.92 Å². The number of benzene rings is 1. The lowest BCUT2D eigenvalue weighted by molar-refractivity contribution is -0.140. The maximum absolute atomic E-state index is 12.1. The van der Waals surface area contributed by atoms with E-state index in [1.165, 1.54) is 37.7 Å². The first kappa shape index (κ1) is 23.1. The smallest absolute Gasteiger partial charge is 0.316 e. The van der Waals surface area contributed by atoms with Gasteiger partial charge in [-0.05, 0) is 62.1 Å². The number of ether oxygens (including phenoxy) is 2. The van der Waals surface area contributed by atoms with Crippen LogP contribution in [0, 0.1) is 5.92 Å². The number of aromatic nitrogens is 1. The van der Waals surface area contributed by atoms with Gasteiger partial charge in [0.15, 0.2) is 0 Å². The molecule has 1 atom stereocenters. The van der Waals surface area contributed by atoms with E-state index >= 15 is 0 Å². The maximum Gasteiger partial charge on any atom is 0.316 e. The third-order valence-electron chi connectivity index (χ3n) is 4.88. The van der Waals surface area contributed by atoms with Crippen molar-refractivity contribution in [2.75, 3.05) is 13.2 Å². The van der Waals surface area contributed by atoms with Crippen molar-refractivity contribution in [1.29, 1.82) is 0 Å². The first-order chi connectivity index (χ1) is 14.1. The predicted molar refractivity (Wildman–Crippen MR) is 118 cm³/mol. The van der Waals surface area contributed by atoms with Crippen molar-refractivity contribution in [1.82, 2.24) is 4.98 Å². The largest absolute Gasteiger partial charge is 0.426 e. The van der Waals surface area contributed by atoms with Gasteiger partial charge in [0.25, 0.3) is 0 Å². The third-order valence-corrected chi connectivity index (χ3v) is 4.88. The highest BCUT2D eigenvalue weighted by molar-refractivity contribution is 5.75. The van der Waals surface area contributed by atoms with Crippen LogP contribution in [0.1, 0.15) is 64.9 Å². The molecule has 0 saturated heterocycles. The van der Waals surface area contributed by atoms with Gasteiger partial charge in [0.05, 0.1) is 18.2 Å². The van der Waals surface area contributed by atoms with E-state index in [0.717, 1.165) is 24.1 Å². The second-order valence-electron chi connectivity index (χ2n) is 7.64. The normalized spacial score (nSPS) is 12.0. The molecule has 0 spiro atoms. The Morgan fingerprint density at radius 1 is 0.966 bits per heavy atom. The first-order valence-electron chi connectivity index (χ1n) is 11.0. The number of hydrogen-bond acceptors (Lipinski definition) is 4. The van der Waals surface area contributed by atoms with Crippen molar-refractivity contribution < 1.29 is 14.3 Å². The van der Waals surface area contributed by atoms with Gasteiger partial charge in [-0.1, -0.05) is 45.6 Å². The van der Waals surface area contributed by atoms with Gasteiger partial charge in [0.1, 0.15) is 5.75 Å². The van der Waals surface area contributed by atoms with E-state index in [2.05, 4.69) is 24.0 Å². The van der Waals surface area contributed by atoms with Gasteiger partial charge in [0, 0.05) is 18.4 Å². The average molecular weight is 398 g/mol. The van der Waals surface area contributed by atoms with Crippen LogP contribution in [0.3, 0.4) is 0 Å². The SMILES string of the molecule is CCCCCCCc1ccc(-c2ccc(OC(=O)C(C)COCCC)cc2)nc1. The predicted octanol–water partition coefficient (Wildman–Crippen LogP) is 6.23. The second-order valence-corrected chi connectivity index (χ2v) is 7.64. The van der Waals surface area contributed by atoms with Crippen LogP contribution in [0.4, 0.5) is 0 Å². The number of pyridine rings is 1. The number of nitrogens with zero attached hydrogens (tertiary/aromatic N) is 1. The maximum atomic E-state index is 12.1. The van der Waals surface area contributed by atoms with Crippen LogP contribution in [0.5, 0.6) is 5.75 Å². The summed E-state index contributed by atoms with van der Waals surface area (Å²) in [5.74, 6) is -0.00234. The molecular weight excluding hydrogens is 362 g/mol. The minimum Gasteiger partial charge on any atom is -0.426 e. The van der Waals surface area contributed by atoms with Crippen LogP contribution in [-0.4, -0.2) is 24.2 Å². The van der Waals surface area contributed by atoms with Gasteiger partial charge in [-0.3, -0.25) is 9.78 Å². The van der Waals surface area contributed by atoms with E-state index in [4.69, 9.17) is 9.47 Å². The Hall–Kier alpha value is -2.20. The van der Waals surface area contributed by atoms with Gasteiger partial charge in [-0.25, -0.2) is 0 Å². The first-order valence-corrected chi connectivity index (χ1v) is 11.0. The molecule has 4 heteroatoms. The number of unbranched alkanes of at least 4 members (excludes halogenated alkanes) is 4. The Bertz CT molecular complexity index is 710. The summed E-state index contributed by atoms with van der Waals surface area (Å²) >= 11 is 0. The number of rotatable bonds is 13. The lowest BCUT2D eigenvalue weighted by atomic mass is 10.1. The number of esters is 1. The molecule has 0 fully saturated rings. The lowest BCUT2D eigenvalue weighted by Gasteiger charge is -2.11. The quantitative estimate of drug-likeness (QED) is 0.228. The fourth-order valence-electron chi connectivity index (χ4n) is 3.06. The van der Waals surface area contributed by atoms with Crippen LogP contribution in [-0.2, 0) is 16.0 Å². The number of carbonyl (C=O) groups is 1. The molecule has 1 heterocycles. The second kappa shape index (κ2) is 13.1. The highest BCUT2D eigenvalue weighted by Gasteiger charge is 2.15. The van der Waals surface area contributed by atoms with Crippen molar-refractivity contribution in [2.45, 2.75) is 65.7 Å². The van der Waals surface area contributed by atoms with Gasteiger partial charge >= 0.3 is 5.97 Å². The summed E-state index contributed by atoms with van der Waals surface area (Å²) in [6.45, 7) is 7.16. The van der Waals surface area contributed by atoms with Gasteiger partial charge in [-0.15, -0.1) is 0 Å². The molecule has 1 unspecified atom stereocenters. The van der Waals surface area contributed by atoms with Gasteiger partial charge in [0.2, 0.25) is 0 Å². The standard InChI is InChI=1S/C25H35NO3/c1-4-6-7-8-9-10-21-11-16-24(26-18-21)22-12-14-23(15-13-22)29-25(27)20(3)19-28-17-5-2/h11-16,18,20H,4-10,17,19H2,1-3H3. The van der Waals surface area contributed by atoms with E-state index in [9.17, 15) is 4.79 Å². The summed E-state index contributed by atoms with van der Waals surface area (Å²) < 4.78 is 10.9. The number of carbonyl (C=O) groups excluding carboxylic acids is 1. The minimum atomic E-state index is -0.280. The lowest BCUT2D eigenvalue weighted by Crippen LogP contribution is -2.22. The molecule has 0 aliphatic carbocycles. The van der Waals surface area contributed by atoms with Crippen molar-refractivity contribution in [3.8, 4) is 17.0 Å². The van der Waals surface area contributed by atoms with E-state index < -0.39 is 0 Å². The van der Waals surface area contributed by atoms with E-state index in [0.29, 0.717) is 19.0 Å². The average Bonchev–Trinajstić information content (AvgIpc) is 2.75. The van der Waals surface area contributed by atoms with Crippen LogP contribution in [0.25, 0.3) is 11.3 Å². The molecule has 0 amide bonds. The number of aryl methyl sites for hydroxylation is 1. The van der Waals surface area contributed by atoms with Crippen LogP contribution in [0.15, 0.2) is 42.6 Å². The Morgan fingerprint density at radius 2 is 1.72 bits per heavy atom.